The van der Waals surface area contributed by atoms with Crippen molar-refractivity contribution in [1.82, 2.24) is 0 Å². The van der Waals surface area contributed by atoms with Gasteiger partial charge in [-0.15, -0.1) is 11.3 Å². The van der Waals surface area contributed by atoms with Gasteiger partial charge in [-0.05, 0) is 54.3 Å². The second kappa shape index (κ2) is 10.4. The van der Waals surface area contributed by atoms with Crippen LogP contribution in [0.15, 0.2) is 60.7 Å². The maximum atomic E-state index is 13.2. The first-order valence-electron chi connectivity index (χ1n) is 10.7. The Morgan fingerprint density at radius 3 is 2.21 bits per heavy atom. The normalized spacial score (nSPS) is 11.1. The minimum atomic E-state index is -0.951. The lowest BCUT2D eigenvalue weighted by molar-refractivity contribution is -0.139. The number of ether oxygens (including phenoxy) is 1. The Morgan fingerprint density at radius 1 is 0.970 bits per heavy atom. The Hall–Kier alpha value is -3.45. The summed E-state index contributed by atoms with van der Waals surface area (Å²) >= 11 is 1.36. The van der Waals surface area contributed by atoms with Gasteiger partial charge in [-0.25, -0.2) is 0 Å². The first-order valence-corrected chi connectivity index (χ1v) is 11.5. The van der Waals surface area contributed by atoms with Gasteiger partial charge in [0.1, 0.15) is 16.5 Å². The number of thiophene rings is 1. The van der Waals surface area contributed by atoms with Crippen LogP contribution in [0, 0.1) is 5.41 Å². The van der Waals surface area contributed by atoms with Crippen LogP contribution in [-0.4, -0.2) is 22.8 Å². The summed E-state index contributed by atoms with van der Waals surface area (Å²) in [7, 11) is 0. The summed E-state index contributed by atoms with van der Waals surface area (Å²) in [6, 6.07) is 18.0. The molecule has 0 fully saturated rings. The third-order valence-electron chi connectivity index (χ3n) is 4.99. The number of carboxylic acid groups (broad SMARTS) is 1. The van der Waals surface area contributed by atoms with E-state index in [-0.39, 0.29) is 24.5 Å². The van der Waals surface area contributed by atoms with Crippen molar-refractivity contribution in [2.75, 3.05) is 5.32 Å². The number of carbonyl (C=O) groups excluding carboxylic acids is 2. The third kappa shape index (κ3) is 6.76. The van der Waals surface area contributed by atoms with E-state index in [1.54, 1.807) is 44.2 Å². The summed E-state index contributed by atoms with van der Waals surface area (Å²) in [5.41, 5.74) is 0.218. The van der Waals surface area contributed by atoms with Gasteiger partial charge in [-0.2, -0.15) is 0 Å². The fourth-order valence-electron chi connectivity index (χ4n) is 3.41. The van der Waals surface area contributed by atoms with E-state index in [9.17, 15) is 14.4 Å². The number of carbonyl (C=O) groups is 3. The summed E-state index contributed by atoms with van der Waals surface area (Å²) in [6.07, 6.45) is 0.654. The average molecular weight is 466 g/mol. The highest BCUT2D eigenvalue weighted by Crippen LogP contribution is 2.33. The topological polar surface area (TPSA) is 92.7 Å². The van der Waals surface area contributed by atoms with Gasteiger partial charge in [0.25, 0.3) is 0 Å². The molecule has 1 heterocycles. The zero-order chi connectivity index (χ0) is 24.0. The number of aliphatic carboxylic acids is 1. The Bertz CT molecular complexity index is 1130. The van der Waals surface area contributed by atoms with Gasteiger partial charge < -0.3 is 15.2 Å². The van der Waals surface area contributed by atoms with Crippen LogP contribution in [0.2, 0.25) is 0 Å². The van der Waals surface area contributed by atoms with E-state index in [4.69, 9.17) is 9.84 Å². The van der Waals surface area contributed by atoms with Crippen molar-refractivity contribution in [1.29, 1.82) is 0 Å². The van der Waals surface area contributed by atoms with Gasteiger partial charge >= 0.3 is 5.97 Å². The molecule has 6 nitrogen and oxygen atoms in total. The van der Waals surface area contributed by atoms with Crippen molar-refractivity contribution in [2.45, 2.75) is 40.0 Å². The molecule has 1 aromatic heterocycles. The molecular formula is C26H27NO5S. The van der Waals surface area contributed by atoms with Crippen molar-refractivity contribution >= 4 is 34.0 Å². The van der Waals surface area contributed by atoms with Gasteiger partial charge in [0, 0.05) is 16.9 Å². The van der Waals surface area contributed by atoms with Crippen LogP contribution in [-0.2, 0) is 16.0 Å². The summed E-state index contributed by atoms with van der Waals surface area (Å²) in [6.45, 7) is 5.45. The molecule has 0 atom stereocenters. The summed E-state index contributed by atoms with van der Waals surface area (Å²) in [4.78, 5) is 37.8. The van der Waals surface area contributed by atoms with Crippen molar-refractivity contribution in [2.24, 2.45) is 5.41 Å². The lowest BCUT2D eigenvalue weighted by Gasteiger charge is -2.21. The average Bonchev–Trinajstić information content (AvgIpc) is 3.15. The van der Waals surface area contributed by atoms with E-state index >= 15 is 0 Å². The van der Waals surface area contributed by atoms with E-state index in [0.717, 1.165) is 11.3 Å². The SMILES string of the molecule is CCc1cc(C(=O)c2ccc(Oc3ccccc3)cc2)c(NC(=O)CC(C)(C)CC(=O)O)s1. The van der Waals surface area contributed by atoms with Crippen LogP contribution >= 0.6 is 11.3 Å². The summed E-state index contributed by atoms with van der Waals surface area (Å²) < 4.78 is 5.78. The monoisotopic (exact) mass is 465 g/mol. The van der Waals surface area contributed by atoms with E-state index < -0.39 is 11.4 Å². The number of aryl methyl sites for hydroxylation is 1. The predicted octanol–water partition coefficient (Wildman–Crippen LogP) is 6.16. The number of anilines is 1. The molecule has 0 saturated carbocycles. The molecule has 2 N–H and O–H groups in total. The van der Waals surface area contributed by atoms with Crippen molar-refractivity contribution in [3.05, 3.63) is 76.7 Å². The van der Waals surface area contributed by atoms with E-state index in [1.807, 2.05) is 37.3 Å². The Kier molecular flexibility index (Phi) is 7.66. The van der Waals surface area contributed by atoms with Gasteiger partial charge in [0.15, 0.2) is 5.78 Å². The predicted molar refractivity (Wildman–Crippen MR) is 129 cm³/mol. The lowest BCUT2D eigenvalue weighted by Crippen LogP contribution is -2.25. The quantitative estimate of drug-likeness (QED) is 0.350. The van der Waals surface area contributed by atoms with Crippen LogP contribution in [0.3, 0.4) is 0 Å². The number of amides is 1. The van der Waals surface area contributed by atoms with Gasteiger partial charge in [-0.1, -0.05) is 39.0 Å². The number of rotatable bonds is 10. The zero-order valence-electron chi connectivity index (χ0n) is 18.9. The molecule has 2 aromatic carbocycles. The maximum absolute atomic E-state index is 13.2. The smallest absolute Gasteiger partial charge is 0.303 e. The third-order valence-corrected chi connectivity index (χ3v) is 6.19. The molecule has 0 saturated heterocycles. The molecule has 7 heteroatoms. The van der Waals surface area contributed by atoms with Gasteiger partial charge in [0.2, 0.25) is 5.91 Å². The Balaban J connectivity index is 1.76. The highest BCUT2D eigenvalue weighted by atomic mass is 32.1. The number of para-hydroxylation sites is 1. The summed E-state index contributed by atoms with van der Waals surface area (Å²) in [5, 5.41) is 12.4. The highest BCUT2D eigenvalue weighted by Gasteiger charge is 2.27. The number of hydrogen-bond acceptors (Lipinski definition) is 5. The first-order chi connectivity index (χ1) is 15.7. The number of ketones is 1. The van der Waals surface area contributed by atoms with Gasteiger partial charge in [0.05, 0.1) is 12.0 Å². The van der Waals surface area contributed by atoms with E-state index in [0.29, 0.717) is 27.6 Å². The molecule has 172 valence electrons. The molecule has 3 rings (SSSR count). The molecule has 0 aliphatic carbocycles. The number of benzene rings is 2. The second-order valence-electron chi connectivity index (χ2n) is 8.54. The lowest BCUT2D eigenvalue weighted by atomic mass is 9.85. The minimum absolute atomic E-state index is 0.0395. The summed E-state index contributed by atoms with van der Waals surface area (Å²) in [5.74, 6) is -0.138. The number of carboxylic acids is 1. The minimum Gasteiger partial charge on any atom is -0.481 e. The molecule has 3 aromatic rings. The van der Waals surface area contributed by atoms with Crippen molar-refractivity contribution in [3.8, 4) is 11.5 Å². The molecule has 1 amide bonds. The second-order valence-corrected chi connectivity index (χ2v) is 9.67. The molecule has 0 aliphatic heterocycles. The first kappa shape index (κ1) is 24.2. The van der Waals surface area contributed by atoms with Crippen LogP contribution in [0.1, 0.15) is 54.4 Å². The van der Waals surface area contributed by atoms with Crippen LogP contribution in [0.4, 0.5) is 5.00 Å². The van der Waals surface area contributed by atoms with Gasteiger partial charge in [-0.3, -0.25) is 14.4 Å². The van der Waals surface area contributed by atoms with Crippen LogP contribution in [0.25, 0.3) is 0 Å². The van der Waals surface area contributed by atoms with Crippen LogP contribution in [0.5, 0.6) is 11.5 Å². The van der Waals surface area contributed by atoms with Crippen molar-refractivity contribution in [3.63, 3.8) is 0 Å². The largest absolute Gasteiger partial charge is 0.481 e. The van der Waals surface area contributed by atoms with E-state index in [2.05, 4.69) is 5.32 Å². The Morgan fingerprint density at radius 2 is 1.61 bits per heavy atom. The molecule has 0 radical (unpaired) electrons. The molecule has 0 bridgehead atoms. The molecule has 33 heavy (non-hydrogen) atoms. The standard InChI is InChI=1S/C26H27NO5S/c1-4-20-14-21(25(33-20)27-22(28)15-26(2,3)16-23(29)30)24(31)17-10-12-19(13-11-17)32-18-8-6-5-7-9-18/h5-14H,4,15-16H2,1-3H3,(H,27,28)(H,29,30). The number of hydrogen-bond donors (Lipinski definition) is 2. The molecular weight excluding hydrogens is 438 g/mol. The van der Waals surface area contributed by atoms with Crippen molar-refractivity contribution < 1.29 is 24.2 Å². The zero-order valence-corrected chi connectivity index (χ0v) is 19.7. The maximum Gasteiger partial charge on any atom is 0.303 e. The molecule has 0 spiro atoms. The molecule has 0 unspecified atom stereocenters. The highest BCUT2D eigenvalue weighted by molar-refractivity contribution is 7.16. The van der Waals surface area contributed by atoms with E-state index in [1.165, 1.54) is 11.3 Å². The molecule has 0 aliphatic rings. The fourth-order valence-corrected chi connectivity index (χ4v) is 4.42. The Labute approximate surface area is 197 Å². The fraction of sp³-hybridized carbons (Fsp3) is 0.269. The number of nitrogens with one attached hydrogen (secondary N) is 1. The van der Waals surface area contributed by atoms with Crippen LogP contribution < -0.4 is 10.1 Å².